The van der Waals surface area contributed by atoms with Gasteiger partial charge in [0.05, 0.1) is 15.5 Å². The lowest BCUT2D eigenvalue weighted by Crippen LogP contribution is -2.15. The monoisotopic (exact) mass is 340 g/mol. The molecule has 114 valence electrons. The van der Waals surface area contributed by atoms with Crippen molar-refractivity contribution in [1.29, 1.82) is 0 Å². The first-order chi connectivity index (χ1) is 9.59. The highest BCUT2D eigenvalue weighted by Gasteiger charge is 2.34. The zero-order chi connectivity index (χ0) is 15.8. The number of hydrogen-bond donors (Lipinski definition) is 1. The van der Waals surface area contributed by atoms with E-state index in [1.54, 1.807) is 0 Å². The molecule has 0 radical (unpaired) electrons. The van der Waals surface area contributed by atoms with E-state index in [0.717, 1.165) is 12.1 Å². The molecule has 0 aliphatic rings. The molecule has 1 aromatic heterocycles. The van der Waals surface area contributed by atoms with Gasteiger partial charge in [0.1, 0.15) is 5.76 Å². The lowest BCUT2D eigenvalue weighted by molar-refractivity contribution is -0.137. The van der Waals surface area contributed by atoms with Crippen LogP contribution in [-0.4, -0.2) is 13.6 Å². The van der Waals surface area contributed by atoms with Crippen LogP contribution in [0, 0.1) is 6.92 Å². The summed E-state index contributed by atoms with van der Waals surface area (Å²) in [5, 5.41) is 2.82. The maximum Gasteiger partial charge on any atom is 0.417 e. The van der Waals surface area contributed by atoms with E-state index in [0.29, 0.717) is 11.8 Å². The van der Waals surface area contributed by atoms with Gasteiger partial charge in [-0.15, -0.1) is 0 Å². The van der Waals surface area contributed by atoms with E-state index in [4.69, 9.17) is 11.6 Å². The molecule has 0 amide bonds. The lowest BCUT2D eigenvalue weighted by atomic mass is 10.2. The number of rotatable bonds is 3. The number of nitrogens with one attached hydrogen (secondary N) is 1. The fourth-order valence-electron chi connectivity index (χ4n) is 1.50. The van der Waals surface area contributed by atoms with Crippen molar-refractivity contribution in [3.8, 4) is 0 Å². The second kappa shape index (κ2) is 5.23. The minimum Gasteiger partial charge on any atom is -0.360 e. The van der Waals surface area contributed by atoms with Crippen molar-refractivity contribution >= 4 is 27.4 Å². The topological polar surface area (TPSA) is 72.2 Å². The molecule has 0 saturated carbocycles. The van der Waals surface area contributed by atoms with Gasteiger partial charge in [-0.25, -0.2) is 8.42 Å². The van der Waals surface area contributed by atoms with E-state index in [2.05, 4.69) is 9.68 Å². The second-order valence-corrected chi connectivity index (χ2v) is 6.16. The molecule has 5 nitrogen and oxygen atoms in total. The maximum absolute atomic E-state index is 12.7. The molecule has 1 N–H and O–H groups in total. The van der Waals surface area contributed by atoms with Crippen LogP contribution in [0.1, 0.15) is 11.3 Å². The van der Waals surface area contributed by atoms with Crippen LogP contribution in [-0.2, 0) is 16.2 Å². The largest absolute Gasteiger partial charge is 0.417 e. The maximum atomic E-state index is 12.7. The first-order valence-corrected chi connectivity index (χ1v) is 7.28. The zero-order valence-electron chi connectivity index (χ0n) is 10.4. The van der Waals surface area contributed by atoms with Crippen LogP contribution in [0.4, 0.5) is 19.0 Å². The van der Waals surface area contributed by atoms with Crippen molar-refractivity contribution < 1.29 is 26.1 Å². The molecule has 0 saturated heterocycles. The van der Waals surface area contributed by atoms with Gasteiger partial charge in [-0.1, -0.05) is 16.8 Å². The Morgan fingerprint density at radius 1 is 1.29 bits per heavy atom. The van der Waals surface area contributed by atoms with Crippen LogP contribution in [0.5, 0.6) is 0 Å². The Morgan fingerprint density at radius 3 is 2.48 bits per heavy atom. The third-order valence-corrected chi connectivity index (χ3v) is 4.10. The molecule has 1 heterocycles. The molecule has 0 aliphatic heterocycles. The van der Waals surface area contributed by atoms with Crippen LogP contribution in [0.25, 0.3) is 0 Å². The number of hydrogen-bond acceptors (Lipinski definition) is 4. The minimum atomic E-state index is -4.76. The summed E-state index contributed by atoms with van der Waals surface area (Å²) in [6.07, 6.45) is -4.76. The van der Waals surface area contributed by atoms with Crippen LogP contribution in [0.3, 0.4) is 0 Å². The first kappa shape index (κ1) is 15.6. The Morgan fingerprint density at radius 2 is 1.95 bits per heavy atom. The molecule has 10 heteroatoms. The van der Waals surface area contributed by atoms with Crippen molar-refractivity contribution in [3.63, 3.8) is 0 Å². The van der Waals surface area contributed by atoms with Crippen LogP contribution < -0.4 is 4.72 Å². The molecule has 0 bridgehead atoms. The highest BCUT2D eigenvalue weighted by atomic mass is 35.5. The highest BCUT2D eigenvalue weighted by Crippen LogP contribution is 2.36. The van der Waals surface area contributed by atoms with Crippen molar-refractivity contribution in [2.24, 2.45) is 0 Å². The Kier molecular flexibility index (Phi) is 3.89. The summed E-state index contributed by atoms with van der Waals surface area (Å²) in [6, 6.07) is 3.58. The van der Waals surface area contributed by atoms with Crippen LogP contribution in [0.2, 0.25) is 5.02 Å². The number of anilines is 1. The van der Waals surface area contributed by atoms with E-state index < -0.39 is 31.7 Å². The number of aryl methyl sites for hydroxylation is 1. The summed E-state index contributed by atoms with van der Waals surface area (Å²) in [6.45, 7) is 1.54. The molecule has 0 aliphatic carbocycles. The molecule has 0 unspecified atom stereocenters. The summed E-state index contributed by atoms with van der Waals surface area (Å²) in [7, 11) is -4.23. The summed E-state index contributed by atoms with van der Waals surface area (Å²) < 4.78 is 68.8. The Bertz CT molecular complexity index is 771. The van der Waals surface area contributed by atoms with Crippen LogP contribution in [0.15, 0.2) is 33.7 Å². The van der Waals surface area contributed by atoms with Gasteiger partial charge in [0.15, 0.2) is 5.82 Å². The number of aromatic nitrogens is 1. The second-order valence-electron chi connectivity index (χ2n) is 4.07. The third-order valence-electron chi connectivity index (χ3n) is 2.42. The Balaban J connectivity index is 2.41. The smallest absolute Gasteiger partial charge is 0.360 e. The molecular weight excluding hydrogens is 333 g/mol. The first-order valence-electron chi connectivity index (χ1n) is 5.42. The molecule has 21 heavy (non-hydrogen) atoms. The summed E-state index contributed by atoms with van der Waals surface area (Å²) >= 11 is 5.43. The van der Waals surface area contributed by atoms with E-state index in [-0.39, 0.29) is 5.82 Å². The number of sulfonamides is 1. The predicted molar refractivity (Wildman–Crippen MR) is 68.5 cm³/mol. The molecule has 1 aromatic carbocycles. The fourth-order valence-corrected chi connectivity index (χ4v) is 2.73. The van der Waals surface area contributed by atoms with Gasteiger partial charge in [0, 0.05) is 6.07 Å². The average Bonchev–Trinajstić information content (AvgIpc) is 2.72. The average molecular weight is 341 g/mol. The zero-order valence-corrected chi connectivity index (χ0v) is 12.0. The molecular formula is C11H8ClF3N2O3S. The van der Waals surface area contributed by atoms with Gasteiger partial charge in [0.2, 0.25) is 0 Å². The van der Waals surface area contributed by atoms with Gasteiger partial charge in [-0.3, -0.25) is 4.72 Å². The number of alkyl halides is 3. The van der Waals surface area contributed by atoms with Crippen molar-refractivity contribution in [2.45, 2.75) is 18.0 Å². The Hall–Kier alpha value is -1.74. The fraction of sp³-hybridized carbons (Fsp3) is 0.182. The van der Waals surface area contributed by atoms with E-state index in [1.807, 2.05) is 4.72 Å². The van der Waals surface area contributed by atoms with Gasteiger partial charge >= 0.3 is 6.18 Å². The normalized spacial score (nSPS) is 12.4. The van der Waals surface area contributed by atoms with Gasteiger partial charge < -0.3 is 4.52 Å². The number of halogens is 4. The van der Waals surface area contributed by atoms with Gasteiger partial charge in [0.25, 0.3) is 10.0 Å². The predicted octanol–water partition coefficient (Wildman–Crippen LogP) is 3.46. The standard InChI is InChI=1S/C11H8ClF3N2O3S/c1-6-4-10(16-20-6)17-21(18,19)7-2-3-9(12)8(5-7)11(13,14)15/h2-5H,1H3,(H,16,17). The summed E-state index contributed by atoms with van der Waals surface area (Å²) in [5.41, 5.74) is -1.23. The lowest BCUT2D eigenvalue weighted by Gasteiger charge is -2.11. The van der Waals surface area contributed by atoms with E-state index in [9.17, 15) is 21.6 Å². The SMILES string of the molecule is Cc1cc(NS(=O)(=O)c2ccc(Cl)c(C(F)(F)F)c2)no1. The van der Waals surface area contributed by atoms with Gasteiger partial charge in [-0.05, 0) is 25.1 Å². The summed E-state index contributed by atoms with van der Waals surface area (Å²) in [4.78, 5) is -0.583. The molecule has 0 spiro atoms. The minimum absolute atomic E-state index is 0.129. The van der Waals surface area contributed by atoms with Crippen molar-refractivity contribution in [1.82, 2.24) is 5.16 Å². The number of nitrogens with zero attached hydrogens (tertiary/aromatic N) is 1. The van der Waals surface area contributed by atoms with E-state index in [1.165, 1.54) is 13.0 Å². The molecule has 0 fully saturated rings. The highest BCUT2D eigenvalue weighted by molar-refractivity contribution is 7.92. The Labute approximate surface area is 122 Å². The molecule has 0 atom stereocenters. The van der Waals surface area contributed by atoms with Crippen molar-refractivity contribution in [2.75, 3.05) is 4.72 Å². The van der Waals surface area contributed by atoms with Crippen LogP contribution >= 0.6 is 11.6 Å². The van der Waals surface area contributed by atoms with E-state index >= 15 is 0 Å². The third kappa shape index (κ3) is 3.48. The number of benzene rings is 1. The quantitative estimate of drug-likeness (QED) is 0.928. The summed E-state index contributed by atoms with van der Waals surface area (Å²) in [5.74, 6) is 0.218. The molecule has 2 aromatic rings. The molecule has 2 rings (SSSR count). The van der Waals surface area contributed by atoms with Crippen molar-refractivity contribution in [3.05, 3.63) is 40.6 Å². The van der Waals surface area contributed by atoms with Gasteiger partial charge in [-0.2, -0.15) is 13.2 Å².